The van der Waals surface area contributed by atoms with E-state index < -0.39 is 12.1 Å². The van der Waals surface area contributed by atoms with Gasteiger partial charge in [0.1, 0.15) is 12.4 Å². The van der Waals surface area contributed by atoms with Gasteiger partial charge in [-0.2, -0.15) is 5.10 Å². The third kappa shape index (κ3) is 7.33. The van der Waals surface area contributed by atoms with E-state index in [2.05, 4.69) is 15.8 Å². The van der Waals surface area contributed by atoms with Crippen molar-refractivity contribution in [2.24, 2.45) is 5.10 Å². The number of halogens is 1. The molecule has 0 aliphatic carbocycles. The summed E-state index contributed by atoms with van der Waals surface area (Å²) in [5.74, 6) is 0.263. The standard InChI is InChI=1S/C30H28ClN3O4/c1-2-37-30(36)33-27(23-9-4-3-5-10-23)18-29(35)34-32-19-26-25-11-7-6-8-22(25)14-17-28(26)38-20-21-12-15-24(31)16-13-21/h3-17,19,27H,2,18,20H2,1H3,(H,33,36)(H,34,35)/b32-19-/t27-/m0/s1. The first-order chi connectivity index (χ1) is 18.5. The van der Waals surface area contributed by atoms with Gasteiger partial charge < -0.3 is 14.8 Å². The van der Waals surface area contributed by atoms with E-state index in [0.29, 0.717) is 17.4 Å². The topological polar surface area (TPSA) is 89.0 Å². The molecule has 4 aromatic carbocycles. The molecule has 0 unspecified atom stereocenters. The molecule has 4 aromatic rings. The monoisotopic (exact) mass is 529 g/mol. The number of ether oxygens (including phenoxy) is 2. The minimum atomic E-state index is -0.587. The average molecular weight is 530 g/mol. The van der Waals surface area contributed by atoms with Gasteiger partial charge in [-0.25, -0.2) is 10.2 Å². The van der Waals surface area contributed by atoms with Gasteiger partial charge in [-0.05, 0) is 47.0 Å². The SMILES string of the molecule is CCOC(=O)N[C@@H](CC(=O)N/N=C\c1c(OCc2ccc(Cl)cc2)ccc2ccccc12)c1ccccc1. The number of hydrogen-bond acceptors (Lipinski definition) is 5. The Hall–Kier alpha value is -4.36. The van der Waals surface area contributed by atoms with Crippen LogP contribution in [0, 0.1) is 0 Å². The zero-order chi connectivity index (χ0) is 26.7. The smallest absolute Gasteiger partial charge is 0.407 e. The highest BCUT2D eigenvalue weighted by Gasteiger charge is 2.19. The molecule has 2 amide bonds. The van der Waals surface area contributed by atoms with Crippen LogP contribution in [0.25, 0.3) is 10.8 Å². The van der Waals surface area contributed by atoms with Crippen molar-refractivity contribution >= 4 is 40.6 Å². The van der Waals surface area contributed by atoms with Crippen LogP contribution >= 0.6 is 11.6 Å². The van der Waals surface area contributed by atoms with Gasteiger partial charge in [-0.15, -0.1) is 0 Å². The Morgan fingerprint density at radius 3 is 2.45 bits per heavy atom. The second-order valence-corrected chi connectivity index (χ2v) is 8.88. The predicted molar refractivity (Wildman–Crippen MR) is 149 cm³/mol. The maximum absolute atomic E-state index is 12.8. The van der Waals surface area contributed by atoms with E-state index in [-0.39, 0.29) is 18.9 Å². The number of carbonyl (C=O) groups is 2. The highest BCUT2D eigenvalue weighted by Crippen LogP contribution is 2.27. The molecule has 0 radical (unpaired) electrons. The van der Waals surface area contributed by atoms with Gasteiger partial charge in [0.15, 0.2) is 0 Å². The Bertz CT molecular complexity index is 1410. The van der Waals surface area contributed by atoms with Crippen molar-refractivity contribution in [2.75, 3.05) is 6.61 Å². The maximum atomic E-state index is 12.8. The molecule has 0 fully saturated rings. The number of hydrogen-bond donors (Lipinski definition) is 2. The van der Waals surface area contributed by atoms with Crippen LogP contribution < -0.4 is 15.5 Å². The molecular formula is C30H28ClN3O4. The number of hydrazone groups is 1. The largest absolute Gasteiger partial charge is 0.488 e. The van der Waals surface area contributed by atoms with E-state index in [1.807, 2.05) is 91.0 Å². The van der Waals surface area contributed by atoms with Crippen molar-refractivity contribution in [1.82, 2.24) is 10.7 Å². The number of amides is 2. The highest BCUT2D eigenvalue weighted by molar-refractivity contribution is 6.30. The summed E-state index contributed by atoms with van der Waals surface area (Å²) in [5, 5.41) is 9.57. The zero-order valence-corrected chi connectivity index (χ0v) is 21.7. The lowest BCUT2D eigenvalue weighted by molar-refractivity contribution is -0.121. The normalized spacial score (nSPS) is 11.7. The predicted octanol–water partition coefficient (Wildman–Crippen LogP) is 6.40. The van der Waals surface area contributed by atoms with Gasteiger partial charge in [0, 0.05) is 10.6 Å². The molecule has 0 spiro atoms. The average Bonchev–Trinajstić information content (AvgIpc) is 2.93. The summed E-state index contributed by atoms with van der Waals surface area (Å²) in [5.41, 5.74) is 5.07. The minimum absolute atomic E-state index is 0.0182. The molecule has 7 nitrogen and oxygen atoms in total. The molecule has 0 aliphatic heterocycles. The molecule has 1 atom stereocenters. The fraction of sp³-hybridized carbons (Fsp3) is 0.167. The van der Waals surface area contributed by atoms with Crippen molar-refractivity contribution in [1.29, 1.82) is 0 Å². The van der Waals surface area contributed by atoms with Crippen molar-refractivity contribution in [3.8, 4) is 5.75 Å². The van der Waals surface area contributed by atoms with E-state index in [1.54, 1.807) is 13.1 Å². The highest BCUT2D eigenvalue weighted by atomic mass is 35.5. The van der Waals surface area contributed by atoms with E-state index in [9.17, 15) is 9.59 Å². The summed E-state index contributed by atoms with van der Waals surface area (Å²) in [6, 6.07) is 27.9. The van der Waals surface area contributed by atoms with Crippen LogP contribution in [0.4, 0.5) is 4.79 Å². The quantitative estimate of drug-likeness (QED) is 0.184. The van der Waals surface area contributed by atoms with Crippen LogP contribution in [-0.4, -0.2) is 24.8 Å². The van der Waals surface area contributed by atoms with Gasteiger partial charge in [-0.3, -0.25) is 4.79 Å². The Labute approximate surface area is 226 Å². The van der Waals surface area contributed by atoms with Crippen LogP contribution in [0.5, 0.6) is 5.75 Å². The molecular weight excluding hydrogens is 502 g/mol. The first-order valence-electron chi connectivity index (χ1n) is 12.2. The van der Waals surface area contributed by atoms with E-state index in [1.165, 1.54) is 0 Å². The van der Waals surface area contributed by atoms with Crippen molar-refractivity contribution in [2.45, 2.75) is 26.0 Å². The fourth-order valence-corrected chi connectivity index (χ4v) is 4.05. The minimum Gasteiger partial charge on any atom is -0.488 e. The fourth-order valence-electron chi connectivity index (χ4n) is 3.93. The Morgan fingerprint density at radius 1 is 0.947 bits per heavy atom. The molecule has 2 N–H and O–H groups in total. The number of carbonyl (C=O) groups excluding carboxylic acids is 2. The summed E-state index contributed by atoms with van der Waals surface area (Å²) in [6.07, 6.45) is 0.972. The lowest BCUT2D eigenvalue weighted by atomic mass is 10.0. The number of nitrogens with zero attached hydrogens (tertiary/aromatic N) is 1. The van der Waals surface area contributed by atoms with Crippen LogP contribution in [0.15, 0.2) is 96.1 Å². The maximum Gasteiger partial charge on any atom is 0.407 e. The molecule has 194 valence electrons. The van der Waals surface area contributed by atoms with E-state index in [0.717, 1.165) is 27.5 Å². The Balaban J connectivity index is 1.49. The van der Waals surface area contributed by atoms with Gasteiger partial charge in [0.25, 0.3) is 0 Å². The third-order valence-electron chi connectivity index (χ3n) is 5.78. The summed E-state index contributed by atoms with van der Waals surface area (Å²) in [7, 11) is 0. The molecule has 0 saturated heterocycles. The summed E-state index contributed by atoms with van der Waals surface area (Å²) in [4.78, 5) is 24.8. The second kappa shape index (κ2) is 13.3. The van der Waals surface area contributed by atoms with Crippen molar-refractivity contribution in [3.05, 3.63) is 113 Å². The van der Waals surface area contributed by atoms with Crippen LogP contribution in [0.1, 0.15) is 36.1 Å². The van der Waals surface area contributed by atoms with Gasteiger partial charge >= 0.3 is 6.09 Å². The molecule has 0 aromatic heterocycles. The third-order valence-corrected chi connectivity index (χ3v) is 6.03. The zero-order valence-electron chi connectivity index (χ0n) is 20.9. The summed E-state index contributed by atoms with van der Waals surface area (Å²) < 4.78 is 11.1. The first-order valence-corrected chi connectivity index (χ1v) is 12.6. The van der Waals surface area contributed by atoms with Gasteiger partial charge in [-0.1, -0.05) is 84.4 Å². The van der Waals surface area contributed by atoms with Gasteiger partial charge in [0.2, 0.25) is 5.91 Å². The Morgan fingerprint density at radius 2 is 1.68 bits per heavy atom. The molecule has 4 rings (SSSR count). The summed E-state index contributed by atoms with van der Waals surface area (Å²) in [6.45, 7) is 2.30. The number of benzene rings is 4. The van der Waals surface area contributed by atoms with Crippen molar-refractivity contribution < 1.29 is 19.1 Å². The lowest BCUT2D eigenvalue weighted by Gasteiger charge is -2.18. The first kappa shape index (κ1) is 26.7. The molecule has 0 bridgehead atoms. The van der Waals surface area contributed by atoms with E-state index >= 15 is 0 Å². The van der Waals surface area contributed by atoms with Crippen molar-refractivity contribution in [3.63, 3.8) is 0 Å². The number of fused-ring (bicyclic) bond motifs is 1. The Kier molecular flexibility index (Phi) is 9.32. The van der Waals surface area contributed by atoms with Crippen LogP contribution in [0.2, 0.25) is 5.02 Å². The number of alkyl carbamates (subject to hydrolysis) is 1. The van der Waals surface area contributed by atoms with Gasteiger partial charge in [0.05, 0.1) is 25.3 Å². The molecule has 0 aliphatic rings. The van der Waals surface area contributed by atoms with E-state index in [4.69, 9.17) is 21.1 Å². The number of nitrogens with one attached hydrogen (secondary N) is 2. The molecule has 38 heavy (non-hydrogen) atoms. The number of rotatable bonds is 10. The molecule has 0 heterocycles. The summed E-state index contributed by atoms with van der Waals surface area (Å²) >= 11 is 5.99. The van der Waals surface area contributed by atoms with Crippen LogP contribution in [-0.2, 0) is 16.1 Å². The molecule has 8 heteroatoms. The second-order valence-electron chi connectivity index (χ2n) is 8.44. The van der Waals surface area contributed by atoms with Crippen LogP contribution in [0.3, 0.4) is 0 Å². The molecule has 0 saturated carbocycles. The lowest BCUT2D eigenvalue weighted by Crippen LogP contribution is -2.33.